The van der Waals surface area contributed by atoms with Crippen molar-refractivity contribution >= 4 is 11.8 Å². The Morgan fingerprint density at radius 2 is 1.29 bits per heavy atom. The van der Waals surface area contributed by atoms with E-state index in [4.69, 9.17) is 5.73 Å². The number of hydrogen-bond acceptors (Lipinski definition) is 3. The van der Waals surface area contributed by atoms with Crippen LogP contribution in [-0.4, -0.2) is 23.0 Å². The smallest absolute Gasteiger partial charge is 0.252 e. The average Bonchev–Trinajstić information content (AvgIpc) is 2.89. The van der Waals surface area contributed by atoms with E-state index in [1.54, 1.807) is 12.1 Å². The van der Waals surface area contributed by atoms with Gasteiger partial charge < -0.3 is 16.2 Å². The molecular weight excluding hydrogens is 472 g/mol. The lowest BCUT2D eigenvalue weighted by Gasteiger charge is -2.23. The van der Waals surface area contributed by atoms with Crippen LogP contribution in [0.4, 0.5) is 0 Å². The average molecular weight is 519 g/mol. The fourth-order valence-electron chi connectivity index (χ4n) is 3.70. The topological polar surface area (TPSA) is 92.4 Å². The van der Waals surface area contributed by atoms with Crippen molar-refractivity contribution in [1.82, 2.24) is 5.32 Å². The summed E-state index contributed by atoms with van der Waals surface area (Å²) in [6.45, 7) is 5.93. The first-order valence-corrected chi connectivity index (χ1v) is 13.7. The number of hydrogen-bond donors (Lipinski definition) is 3. The van der Waals surface area contributed by atoms with Crippen molar-refractivity contribution in [3.05, 3.63) is 102 Å². The molecule has 38 heavy (non-hydrogen) atoms. The first-order valence-electron chi connectivity index (χ1n) is 13.7. The molecule has 0 saturated heterocycles. The summed E-state index contributed by atoms with van der Waals surface area (Å²) in [6.07, 6.45) is 32.8. The molecular formula is C33H46N2O3. The van der Waals surface area contributed by atoms with Crippen LogP contribution >= 0.6 is 0 Å². The van der Waals surface area contributed by atoms with Crippen LogP contribution in [0.1, 0.15) is 94.0 Å². The maximum atomic E-state index is 12.3. The van der Waals surface area contributed by atoms with Crippen molar-refractivity contribution in [3.63, 3.8) is 0 Å². The molecule has 0 aromatic heterocycles. The van der Waals surface area contributed by atoms with E-state index in [-0.39, 0.29) is 29.2 Å². The van der Waals surface area contributed by atoms with E-state index in [9.17, 15) is 14.7 Å². The highest BCUT2D eigenvalue weighted by Crippen LogP contribution is 2.30. The molecule has 1 aromatic carbocycles. The molecule has 0 aliphatic heterocycles. The van der Waals surface area contributed by atoms with Gasteiger partial charge in [-0.3, -0.25) is 9.59 Å². The summed E-state index contributed by atoms with van der Waals surface area (Å²) in [4.78, 5) is 23.8. The zero-order valence-electron chi connectivity index (χ0n) is 23.3. The SMILES string of the molecule is CC/C=C\C/C=C\C/C=C\C/C=C\C/C=C\C/C=C\CCC(=O)NC(C)C(C)c1cccc(C(N)=O)c1O. The Kier molecular flexibility index (Phi) is 17.5. The van der Waals surface area contributed by atoms with Gasteiger partial charge >= 0.3 is 0 Å². The normalized spacial score (nSPS) is 14.1. The number of carbonyl (C=O) groups excluding carboxylic acids is 2. The highest BCUT2D eigenvalue weighted by atomic mass is 16.3. The van der Waals surface area contributed by atoms with Crippen LogP contribution in [0.25, 0.3) is 0 Å². The number of carbonyl (C=O) groups is 2. The number of nitrogens with two attached hydrogens (primary N) is 1. The number of nitrogens with one attached hydrogen (secondary N) is 1. The molecule has 5 heteroatoms. The van der Waals surface area contributed by atoms with Crippen LogP contribution in [0, 0.1) is 0 Å². The summed E-state index contributed by atoms with van der Waals surface area (Å²) in [5, 5.41) is 13.3. The Balaban J connectivity index is 2.20. The van der Waals surface area contributed by atoms with E-state index in [0.29, 0.717) is 18.4 Å². The third kappa shape index (κ3) is 14.2. The predicted molar refractivity (Wildman–Crippen MR) is 160 cm³/mol. The second-order valence-corrected chi connectivity index (χ2v) is 9.21. The first kappa shape index (κ1) is 32.4. The maximum Gasteiger partial charge on any atom is 0.252 e. The summed E-state index contributed by atoms with van der Waals surface area (Å²) >= 11 is 0. The number of primary amides is 1. The maximum absolute atomic E-state index is 12.3. The lowest BCUT2D eigenvalue weighted by atomic mass is 9.91. The molecule has 0 bridgehead atoms. The van der Waals surface area contributed by atoms with Gasteiger partial charge in [-0.15, -0.1) is 0 Å². The lowest BCUT2D eigenvalue weighted by molar-refractivity contribution is -0.121. The van der Waals surface area contributed by atoms with Gasteiger partial charge in [0.15, 0.2) is 0 Å². The number of allylic oxidation sites excluding steroid dienone is 12. The monoisotopic (exact) mass is 518 g/mol. The minimum Gasteiger partial charge on any atom is -0.507 e. The van der Waals surface area contributed by atoms with E-state index >= 15 is 0 Å². The molecule has 0 heterocycles. The van der Waals surface area contributed by atoms with Crippen molar-refractivity contribution in [2.75, 3.05) is 0 Å². The minimum absolute atomic E-state index is 0.0468. The highest BCUT2D eigenvalue weighted by Gasteiger charge is 2.21. The Morgan fingerprint density at radius 1 is 0.816 bits per heavy atom. The minimum atomic E-state index is -0.676. The predicted octanol–water partition coefficient (Wildman–Crippen LogP) is 7.58. The van der Waals surface area contributed by atoms with Gasteiger partial charge in [0.05, 0.1) is 5.56 Å². The molecule has 4 N–H and O–H groups in total. The quantitative estimate of drug-likeness (QED) is 0.175. The molecule has 1 rings (SSSR count). The highest BCUT2D eigenvalue weighted by molar-refractivity contribution is 5.96. The number of rotatable bonds is 18. The molecule has 0 aliphatic carbocycles. The van der Waals surface area contributed by atoms with Gasteiger partial charge in [-0.2, -0.15) is 0 Å². The van der Waals surface area contributed by atoms with Crippen LogP contribution in [0.5, 0.6) is 5.75 Å². The molecule has 0 aliphatic rings. The van der Waals surface area contributed by atoms with Crippen molar-refractivity contribution < 1.29 is 14.7 Å². The number of amides is 2. The van der Waals surface area contributed by atoms with Crippen molar-refractivity contribution in [2.45, 2.75) is 84.1 Å². The lowest BCUT2D eigenvalue weighted by Crippen LogP contribution is -2.36. The van der Waals surface area contributed by atoms with Crippen LogP contribution < -0.4 is 11.1 Å². The Morgan fingerprint density at radius 3 is 1.76 bits per heavy atom. The first-order chi connectivity index (χ1) is 18.4. The zero-order valence-corrected chi connectivity index (χ0v) is 23.3. The second kappa shape index (κ2) is 20.5. The Hall–Kier alpha value is -3.60. The zero-order chi connectivity index (χ0) is 28.0. The third-order valence-electron chi connectivity index (χ3n) is 6.10. The fourth-order valence-corrected chi connectivity index (χ4v) is 3.70. The Bertz CT molecular complexity index is 1020. The molecule has 206 valence electrons. The van der Waals surface area contributed by atoms with Gasteiger partial charge in [0.25, 0.3) is 5.91 Å². The van der Waals surface area contributed by atoms with Crippen molar-refractivity contribution in [2.24, 2.45) is 5.73 Å². The van der Waals surface area contributed by atoms with E-state index < -0.39 is 5.91 Å². The van der Waals surface area contributed by atoms with Gasteiger partial charge in [0.1, 0.15) is 5.75 Å². The van der Waals surface area contributed by atoms with Crippen molar-refractivity contribution in [1.29, 1.82) is 0 Å². The van der Waals surface area contributed by atoms with Gasteiger partial charge in [-0.25, -0.2) is 0 Å². The van der Waals surface area contributed by atoms with Crippen molar-refractivity contribution in [3.8, 4) is 5.75 Å². The summed E-state index contributed by atoms with van der Waals surface area (Å²) < 4.78 is 0. The largest absolute Gasteiger partial charge is 0.507 e. The second-order valence-electron chi connectivity index (χ2n) is 9.21. The molecule has 0 fully saturated rings. The summed E-state index contributed by atoms with van der Waals surface area (Å²) in [7, 11) is 0. The molecule has 5 nitrogen and oxygen atoms in total. The summed E-state index contributed by atoms with van der Waals surface area (Å²) in [5.74, 6) is -1.02. The van der Waals surface area contributed by atoms with Gasteiger partial charge in [0.2, 0.25) is 5.91 Å². The molecule has 2 atom stereocenters. The summed E-state index contributed by atoms with van der Waals surface area (Å²) in [6, 6.07) is 4.71. The third-order valence-corrected chi connectivity index (χ3v) is 6.10. The van der Waals surface area contributed by atoms with Crippen LogP contribution in [0.3, 0.4) is 0 Å². The number of phenols is 1. The number of aromatic hydroxyl groups is 1. The molecule has 0 radical (unpaired) electrons. The molecule has 1 aromatic rings. The summed E-state index contributed by atoms with van der Waals surface area (Å²) in [5.41, 5.74) is 5.99. The van der Waals surface area contributed by atoms with E-state index in [2.05, 4.69) is 79.1 Å². The van der Waals surface area contributed by atoms with Gasteiger partial charge in [-0.05, 0) is 63.5 Å². The number of para-hydroxylation sites is 1. The van der Waals surface area contributed by atoms with Crippen LogP contribution in [0.15, 0.2) is 91.1 Å². The standard InChI is InChI=1S/C33H46N2O3/c1-4-5-6-7-8-9-10-11-12-13-14-15-16-17-18-19-20-21-22-26-31(36)35-28(3)27(2)29-24-23-25-30(32(29)37)33(34)38/h5-6,8-9,11-12,14-15,17-18,20-21,23-25,27-28,37H,4,7,10,13,16,19,22,26H2,1-3H3,(H2,34,38)(H,35,36)/b6-5-,9-8-,12-11-,15-14-,18-17-,21-20-. The van der Waals surface area contributed by atoms with E-state index in [1.807, 2.05) is 19.9 Å². The fraction of sp³-hybridized carbons (Fsp3) is 0.394. The molecule has 0 saturated carbocycles. The Labute approximate surface area is 229 Å². The van der Waals surface area contributed by atoms with Crippen LogP contribution in [-0.2, 0) is 4.79 Å². The number of benzene rings is 1. The molecule has 2 amide bonds. The molecule has 2 unspecified atom stereocenters. The van der Waals surface area contributed by atoms with E-state index in [0.717, 1.165) is 38.5 Å². The van der Waals surface area contributed by atoms with Gasteiger partial charge in [0, 0.05) is 18.4 Å². The van der Waals surface area contributed by atoms with Gasteiger partial charge in [-0.1, -0.05) is 98.9 Å². The van der Waals surface area contributed by atoms with E-state index in [1.165, 1.54) is 6.07 Å². The van der Waals surface area contributed by atoms with Crippen LogP contribution in [0.2, 0.25) is 0 Å². The molecule has 0 spiro atoms.